The Morgan fingerprint density at radius 1 is 1.12 bits per heavy atom. The lowest BCUT2D eigenvalue weighted by Crippen LogP contribution is -2.53. The normalized spacial score (nSPS) is 16.2. The third-order valence-corrected chi connectivity index (χ3v) is 6.91. The Morgan fingerprint density at radius 3 is 2.60 bits per heavy atom. The van der Waals surface area contributed by atoms with Crippen LogP contribution in [-0.4, -0.2) is 61.9 Å². The van der Waals surface area contributed by atoms with Gasteiger partial charge in [-0.05, 0) is 52.7 Å². The molecule has 2 amide bonds. The van der Waals surface area contributed by atoms with E-state index in [1.54, 1.807) is 60.9 Å². The molecule has 1 saturated heterocycles. The lowest BCUT2D eigenvalue weighted by molar-refractivity contribution is -0.121. The molecule has 11 heteroatoms. The van der Waals surface area contributed by atoms with Crippen LogP contribution in [0.4, 0.5) is 10.5 Å². The number of hydrogen-bond acceptors (Lipinski definition) is 8. The molecule has 0 spiro atoms. The van der Waals surface area contributed by atoms with Crippen LogP contribution in [0.5, 0.6) is 11.6 Å². The number of aromatic nitrogens is 4. The molecule has 3 aromatic rings. The summed E-state index contributed by atoms with van der Waals surface area (Å²) in [5.41, 5.74) is 1.95. The Kier molecular flexibility index (Phi) is 7.43. The van der Waals surface area contributed by atoms with Gasteiger partial charge in [0.2, 0.25) is 11.8 Å². The maximum absolute atomic E-state index is 12.9. The molecule has 2 fully saturated rings. The Balaban J connectivity index is 1.37. The van der Waals surface area contributed by atoms with E-state index in [4.69, 9.17) is 9.47 Å². The van der Waals surface area contributed by atoms with Crippen LogP contribution in [0.2, 0.25) is 0 Å². The number of carbonyl (C=O) groups is 2. The Morgan fingerprint density at radius 2 is 1.90 bits per heavy atom. The van der Waals surface area contributed by atoms with E-state index in [1.807, 2.05) is 13.0 Å². The van der Waals surface area contributed by atoms with Crippen LogP contribution in [0.1, 0.15) is 69.5 Å². The summed E-state index contributed by atoms with van der Waals surface area (Å²) >= 11 is 0. The lowest BCUT2D eigenvalue weighted by Gasteiger charge is -2.34. The molecule has 3 heterocycles. The van der Waals surface area contributed by atoms with Crippen molar-refractivity contribution < 1.29 is 19.1 Å². The van der Waals surface area contributed by atoms with Gasteiger partial charge < -0.3 is 14.4 Å². The highest BCUT2D eigenvalue weighted by Gasteiger charge is 2.31. The lowest BCUT2D eigenvalue weighted by atomic mass is 10.0. The number of anilines is 1. The molecule has 2 aliphatic rings. The second-order valence-electron chi connectivity index (χ2n) is 11.1. The highest BCUT2D eigenvalue weighted by molar-refractivity contribution is 5.97. The molecular weight excluding hydrogens is 510 g/mol. The van der Waals surface area contributed by atoms with Crippen molar-refractivity contribution in [1.29, 1.82) is 5.26 Å². The average Bonchev–Trinajstić information content (AvgIpc) is 3.60. The van der Waals surface area contributed by atoms with Gasteiger partial charge in [-0.2, -0.15) is 15.3 Å². The standard InChI is InChI=1S/C29H33N7O4/c1-19-32-23(21-7-5-6-8-21)14-26(33-19)39-25-13-20(15-30)9-10-24(25)36-17-22(16-31-36)35-12-11-34(18-27(35)37)28(38)40-29(2,3)4/h9-10,13-14,16-17,21H,5-8,11-12,18H2,1-4H3. The van der Waals surface area contributed by atoms with E-state index in [9.17, 15) is 14.9 Å². The smallest absolute Gasteiger partial charge is 0.410 e. The number of nitrogens with zero attached hydrogens (tertiary/aromatic N) is 7. The van der Waals surface area contributed by atoms with Crippen molar-refractivity contribution in [2.24, 2.45) is 0 Å². The van der Waals surface area contributed by atoms with Gasteiger partial charge in [0.05, 0.1) is 35.4 Å². The number of carbonyl (C=O) groups excluding carboxylic acids is 2. The minimum atomic E-state index is -0.637. The molecule has 40 heavy (non-hydrogen) atoms. The molecule has 1 aromatic carbocycles. The largest absolute Gasteiger partial charge is 0.444 e. The number of amides is 2. The number of piperazine rings is 1. The monoisotopic (exact) mass is 543 g/mol. The van der Waals surface area contributed by atoms with Gasteiger partial charge in [0.1, 0.15) is 23.7 Å². The summed E-state index contributed by atoms with van der Waals surface area (Å²) in [5.74, 6) is 1.61. The third-order valence-electron chi connectivity index (χ3n) is 6.91. The molecule has 2 aromatic heterocycles. The van der Waals surface area contributed by atoms with Crippen LogP contribution >= 0.6 is 0 Å². The van der Waals surface area contributed by atoms with Crippen molar-refractivity contribution in [2.75, 3.05) is 24.5 Å². The number of rotatable bonds is 5. The predicted molar refractivity (Wildman–Crippen MR) is 146 cm³/mol. The van der Waals surface area contributed by atoms with Gasteiger partial charge in [-0.15, -0.1) is 0 Å². The Labute approximate surface area is 233 Å². The molecule has 5 rings (SSSR count). The fraction of sp³-hybridized carbons (Fsp3) is 0.448. The van der Waals surface area contributed by atoms with E-state index in [0.29, 0.717) is 53.4 Å². The summed E-state index contributed by atoms with van der Waals surface area (Å²) in [6.07, 6.45) is 7.40. The third kappa shape index (κ3) is 6.06. The van der Waals surface area contributed by atoms with Crippen molar-refractivity contribution in [2.45, 2.75) is 64.9 Å². The van der Waals surface area contributed by atoms with Gasteiger partial charge in [-0.1, -0.05) is 12.8 Å². The van der Waals surface area contributed by atoms with Crippen molar-refractivity contribution >= 4 is 17.7 Å². The number of benzene rings is 1. The molecule has 0 unspecified atom stereocenters. The van der Waals surface area contributed by atoms with Gasteiger partial charge >= 0.3 is 6.09 Å². The molecule has 1 aliphatic heterocycles. The van der Waals surface area contributed by atoms with Gasteiger partial charge in [-0.25, -0.2) is 14.5 Å². The SMILES string of the molecule is Cc1nc(Oc2cc(C#N)ccc2-n2cc(N3CCN(C(=O)OC(C)(C)C)CC3=O)cn2)cc(C2CCCC2)n1. The second kappa shape index (κ2) is 11.0. The minimum Gasteiger partial charge on any atom is -0.444 e. The minimum absolute atomic E-state index is 0.0816. The highest BCUT2D eigenvalue weighted by atomic mass is 16.6. The fourth-order valence-electron chi connectivity index (χ4n) is 5.03. The fourth-order valence-corrected chi connectivity index (χ4v) is 5.03. The predicted octanol–water partition coefficient (Wildman–Crippen LogP) is 4.88. The first-order valence-corrected chi connectivity index (χ1v) is 13.5. The maximum atomic E-state index is 12.9. The highest BCUT2D eigenvalue weighted by Crippen LogP contribution is 2.36. The molecule has 0 bridgehead atoms. The quantitative estimate of drug-likeness (QED) is 0.446. The van der Waals surface area contributed by atoms with Crippen molar-refractivity contribution in [3.05, 3.63) is 53.7 Å². The first-order chi connectivity index (χ1) is 19.1. The van der Waals surface area contributed by atoms with Crippen molar-refractivity contribution in [3.8, 4) is 23.4 Å². The average molecular weight is 544 g/mol. The van der Waals surface area contributed by atoms with Crippen LogP contribution in [-0.2, 0) is 9.53 Å². The van der Waals surface area contributed by atoms with Crippen molar-refractivity contribution in [3.63, 3.8) is 0 Å². The van der Waals surface area contributed by atoms with Gasteiger partial charge in [-0.3, -0.25) is 9.69 Å². The van der Waals surface area contributed by atoms with Crippen LogP contribution in [0.15, 0.2) is 36.7 Å². The number of nitriles is 1. The molecule has 0 atom stereocenters. The summed E-state index contributed by atoms with van der Waals surface area (Å²) in [5, 5.41) is 14.0. The van der Waals surface area contributed by atoms with Gasteiger partial charge in [0.15, 0.2) is 5.75 Å². The zero-order valence-electron chi connectivity index (χ0n) is 23.3. The van der Waals surface area contributed by atoms with E-state index in [-0.39, 0.29) is 12.5 Å². The first kappa shape index (κ1) is 27.1. The van der Waals surface area contributed by atoms with E-state index in [2.05, 4.69) is 21.1 Å². The first-order valence-electron chi connectivity index (χ1n) is 13.5. The molecular formula is C29H33N7O4. The number of aryl methyl sites for hydroxylation is 1. The van der Waals surface area contributed by atoms with E-state index in [0.717, 1.165) is 18.5 Å². The molecule has 11 nitrogen and oxygen atoms in total. The van der Waals surface area contributed by atoms with Gasteiger partial charge in [0.25, 0.3) is 0 Å². The second-order valence-corrected chi connectivity index (χ2v) is 11.1. The van der Waals surface area contributed by atoms with Gasteiger partial charge in [0, 0.05) is 31.1 Å². The molecule has 1 aliphatic carbocycles. The zero-order chi connectivity index (χ0) is 28.4. The topological polar surface area (TPSA) is 126 Å². The van der Waals surface area contributed by atoms with E-state index < -0.39 is 11.7 Å². The maximum Gasteiger partial charge on any atom is 0.410 e. The van der Waals surface area contributed by atoms with Crippen molar-refractivity contribution in [1.82, 2.24) is 24.6 Å². The molecule has 0 radical (unpaired) electrons. The van der Waals surface area contributed by atoms with Crippen LogP contribution in [0, 0.1) is 18.3 Å². The number of hydrogen-bond donors (Lipinski definition) is 0. The molecule has 0 N–H and O–H groups in total. The van der Waals surface area contributed by atoms with Crippen LogP contribution in [0.25, 0.3) is 5.69 Å². The Hall–Kier alpha value is -4.46. The Bertz CT molecular complexity index is 1460. The molecule has 208 valence electrons. The zero-order valence-corrected chi connectivity index (χ0v) is 23.3. The summed E-state index contributed by atoms with van der Waals surface area (Å²) in [6, 6.07) is 9.11. The van der Waals surface area contributed by atoms with Crippen LogP contribution in [0.3, 0.4) is 0 Å². The number of ether oxygens (including phenoxy) is 2. The summed E-state index contributed by atoms with van der Waals surface area (Å²) < 4.78 is 13.3. The van der Waals surface area contributed by atoms with E-state index >= 15 is 0 Å². The summed E-state index contributed by atoms with van der Waals surface area (Å²) in [7, 11) is 0. The van der Waals surface area contributed by atoms with Crippen LogP contribution < -0.4 is 9.64 Å². The summed E-state index contributed by atoms with van der Waals surface area (Å²) in [6.45, 7) is 7.79. The molecule has 1 saturated carbocycles. The summed E-state index contributed by atoms with van der Waals surface area (Å²) in [4.78, 5) is 37.5. The van der Waals surface area contributed by atoms with E-state index in [1.165, 1.54) is 17.7 Å².